The minimum absolute atomic E-state index is 0.0692. The van der Waals surface area contributed by atoms with Crippen LogP contribution in [0.2, 0.25) is 5.02 Å². The molecule has 0 heterocycles. The Kier molecular flexibility index (Phi) is 3.80. The first-order valence-electron chi connectivity index (χ1n) is 4.22. The number of halogens is 2. The maximum absolute atomic E-state index is 13.2. The van der Waals surface area contributed by atoms with Gasteiger partial charge >= 0.3 is 5.97 Å². The first-order valence-corrected chi connectivity index (χ1v) is 4.60. The molecule has 0 saturated heterocycles. The minimum atomic E-state index is -1.07. The lowest BCUT2D eigenvalue weighted by atomic mass is 10.1. The van der Waals surface area contributed by atoms with Gasteiger partial charge in [-0.2, -0.15) is 0 Å². The summed E-state index contributed by atoms with van der Waals surface area (Å²) < 4.78 is 17.6. The number of esters is 1. The van der Waals surface area contributed by atoms with E-state index in [2.05, 4.69) is 4.74 Å². The second-order valence-electron chi connectivity index (χ2n) is 2.67. The number of ketones is 1. The van der Waals surface area contributed by atoms with Gasteiger partial charge in [-0.1, -0.05) is 11.6 Å². The summed E-state index contributed by atoms with van der Waals surface area (Å²) >= 11 is 5.49. The summed E-state index contributed by atoms with van der Waals surface area (Å²) in [6.45, 7) is 1.63. The summed E-state index contributed by atoms with van der Waals surface area (Å²) in [4.78, 5) is 22.3. The van der Waals surface area contributed by atoms with Crippen LogP contribution in [0.3, 0.4) is 0 Å². The van der Waals surface area contributed by atoms with Gasteiger partial charge in [-0.15, -0.1) is 0 Å². The number of hydrogen-bond acceptors (Lipinski definition) is 3. The molecule has 0 amide bonds. The van der Waals surface area contributed by atoms with Crippen LogP contribution >= 0.6 is 11.6 Å². The molecule has 3 nitrogen and oxygen atoms in total. The van der Waals surface area contributed by atoms with Crippen LogP contribution < -0.4 is 0 Å². The van der Waals surface area contributed by atoms with E-state index in [0.29, 0.717) is 0 Å². The zero-order chi connectivity index (χ0) is 11.4. The van der Waals surface area contributed by atoms with Crippen molar-refractivity contribution in [3.05, 3.63) is 34.6 Å². The molecule has 0 radical (unpaired) electrons. The summed E-state index contributed by atoms with van der Waals surface area (Å²) in [6.07, 6.45) is 0. The molecular weight excluding hydrogens is 223 g/mol. The number of ether oxygens (including phenoxy) is 1. The van der Waals surface area contributed by atoms with Gasteiger partial charge in [0.2, 0.25) is 0 Å². The lowest BCUT2D eigenvalue weighted by Gasteiger charge is -2.02. The highest BCUT2D eigenvalue weighted by molar-refractivity contribution is 6.40. The Bertz CT molecular complexity index is 404. The van der Waals surface area contributed by atoms with Gasteiger partial charge in [-0.25, -0.2) is 9.18 Å². The zero-order valence-corrected chi connectivity index (χ0v) is 8.68. The Labute approximate surface area is 90.8 Å². The molecule has 80 valence electrons. The van der Waals surface area contributed by atoms with Gasteiger partial charge in [0.1, 0.15) is 5.82 Å². The van der Waals surface area contributed by atoms with E-state index in [1.54, 1.807) is 6.92 Å². The van der Waals surface area contributed by atoms with E-state index in [1.165, 1.54) is 6.07 Å². The minimum Gasteiger partial charge on any atom is -0.460 e. The highest BCUT2D eigenvalue weighted by atomic mass is 35.5. The SMILES string of the molecule is CCOC(=O)C(=O)c1ccc(Cl)cc1F. The monoisotopic (exact) mass is 230 g/mol. The number of rotatable bonds is 3. The number of benzene rings is 1. The van der Waals surface area contributed by atoms with E-state index >= 15 is 0 Å². The van der Waals surface area contributed by atoms with Crippen LogP contribution in [0.5, 0.6) is 0 Å². The quantitative estimate of drug-likeness (QED) is 0.454. The summed E-state index contributed by atoms with van der Waals surface area (Å²) in [5, 5.41) is 0.160. The van der Waals surface area contributed by atoms with Crippen molar-refractivity contribution in [1.82, 2.24) is 0 Å². The molecule has 1 rings (SSSR count). The van der Waals surface area contributed by atoms with E-state index in [4.69, 9.17) is 11.6 Å². The fourth-order valence-electron chi connectivity index (χ4n) is 0.980. The van der Waals surface area contributed by atoms with E-state index in [-0.39, 0.29) is 17.2 Å². The molecule has 15 heavy (non-hydrogen) atoms. The summed E-state index contributed by atoms with van der Waals surface area (Å²) in [5.74, 6) is -2.91. The molecule has 0 aliphatic rings. The largest absolute Gasteiger partial charge is 0.460 e. The average Bonchev–Trinajstić information content (AvgIpc) is 2.17. The second-order valence-corrected chi connectivity index (χ2v) is 3.11. The average molecular weight is 231 g/mol. The third kappa shape index (κ3) is 2.76. The maximum atomic E-state index is 13.2. The van der Waals surface area contributed by atoms with Crippen LogP contribution in [0.1, 0.15) is 17.3 Å². The van der Waals surface area contributed by atoms with E-state index < -0.39 is 17.6 Å². The Morgan fingerprint density at radius 1 is 1.47 bits per heavy atom. The molecule has 0 saturated carbocycles. The van der Waals surface area contributed by atoms with Crippen molar-refractivity contribution in [3.63, 3.8) is 0 Å². The smallest absolute Gasteiger partial charge is 0.379 e. The van der Waals surface area contributed by atoms with Crippen LogP contribution in [0.25, 0.3) is 0 Å². The molecule has 0 aromatic heterocycles. The van der Waals surface area contributed by atoms with Crippen molar-refractivity contribution in [2.75, 3.05) is 6.61 Å². The van der Waals surface area contributed by atoms with Crippen LogP contribution in [0.15, 0.2) is 18.2 Å². The van der Waals surface area contributed by atoms with Gasteiger partial charge in [0.25, 0.3) is 5.78 Å². The van der Waals surface area contributed by atoms with Crippen LogP contribution in [0, 0.1) is 5.82 Å². The van der Waals surface area contributed by atoms with Crippen molar-refractivity contribution in [2.45, 2.75) is 6.92 Å². The van der Waals surface area contributed by atoms with Crippen LogP contribution in [-0.2, 0) is 9.53 Å². The van der Waals surface area contributed by atoms with Gasteiger partial charge in [-0.05, 0) is 25.1 Å². The number of Topliss-reactive ketones (excluding diaryl/α,β-unsaturated/α-hetero) is 1. The standard InChI is InChI=1S/C10H8ClFO3/c1-2-15-10(14)9(13)7-4-3-6(11)5-8(7)12/h3-5H,2H2,1H3. The Morgan fingerprint density at radius 2 is 2.13 bits per heavy atom. The molecule has 1 aromatic rings. The first-order chi connectivity index (χ1) is 7.06. The molecule has 0 aliphatic carbocycles. The molecule has 0 bridgehead atoms. The van der Waals surface area contributed by atoms with Gasteiger partial charge in [-0.3, -0.25) is 4.79 Å². The molecule has 0 spiro atoms. The maximum Gasteiger partial charge on any atom is 0.379 e. The van der Waals surface area contributed by atoms with E-state index in [0.717, 1.165) is 12.1 Å². The van der Waals surface area contributed by atoms with Gasteiger partial charge in [0, 0.05) is 5.02 Å². The molecule has 0 unspecified atom stereocenters. The molecule has 0 fully saturated rings. The predicted molar refractivity (Wildman–Crippen MR) is 52.4 cm³/mol. The highest BCUT2D eigenvalue weighted by Crippen LogP contribution is 2.15. The van der Waals surface area contributed by atoms with Gasteiger partial charge in [0.05, 0.1) is 12.2 Å². The van der Waals surface area contributed by atoms with E-state index in [1.807, 2.05) is 0 Å². The fraction of sp³-hybridized carbons (Fsp3) is 0.200. The van der Waals surface area contributed by atoms with E-state index in [9.17, 15) is 14.0 Å². The normalized spacial score (nSPS) is 9.80. The van der Waals surface area contributed by atoms with Crippen molar-refractivity contribution < 1.29 is 18.7 Å². The lowest BCUT2D eigenvalue weighted by Crippen LogP contribution is -2.18. The van der Waals surface area contributed by atoms with Crippen molar-refractivity contribution >= 4 is 23.4 Å². The second kappa shape index (κ2) is 4.89. The van der Waals surface area contributed by atoms with Crippen LogP contribution in [-0.4, -0.2) is 18.4 Å². The molecule has 1 aromatic carbocycles. The summed E-state index contributed by atoms with van der Waals surface area (Å²) in [7, 11) is 0. The summed E-state index contributed by atoms with van der Waals surface area (Å²) in [6, 6.07) is 3.45. The predicted octanol–water partition coefficient (Wildman–Crippen LogP) is 2.22. The number of hydrogen-bond donors (Lipinski definition) is 0. The zero-order valence-electron chi connectivity index (χ0n) is 7.92. The first kappa shape index (κ1) is 11.7. The third-order valence-corrected chi connectivity index (χ3v) is 1.87. The molecule has 5 heteroatoms. The lowest BCUT2D eigenvalue weighted by molar-refractivity contribution is -0.137. The number of carbonyl (C=O) groups is 2. The van der Waals surface area contributed by atoms with Crippen molar-refractivity contribution in [3.8, 4) is 0 Å². The van der Waals surface area contributed by atoms with Gasteiger partial charge < -0.3 is 4.74 Å². The molecule has 0 aliphatic heterocycles. The topological polar surface area (TPSA) is 43.4 Å². The van der Waals surface area contributed by atoms with Crippen molar-refractivity contribution in [2.24, 2.45) is 0 Å². The Morgan fingerprint density at radius 3 is 2.67 bits per heavy atom. The fourth-order valence-corrected chi connectivity index (χ4v) is 1.14. The van der Waals surface area contributed by atoms with Gasteiger partial charge in [0.15, 0.2) is 0 Å². The Hall–Kier alpha value is -1.42. The molecular formula is C10H8ClFO3. The van der Waals surface area contributed by atoms with Crippen LogP contribution in [0.4, 0.5) is 4.39 Å². The summed E-state index contributed by atoms with van der Waals surface area (Å²) in [5.41, 5.74) is -0.335. The highest BCUT2D eigenvalue weighted by Gasteiger charge is 2.20. The molecule has 0 atom stereocenters. The Balaban J connectivity index is 2.96. The molecule has 0 N–H and O–H groups in total. The number of carbonyl (C=O) groups excluding carboxylic acids is 2. The van der Waals surface area contributed by atoms with Crippen molar-refractivity contribution in [1.29, 1.82) is 0 Å². The third-order valence-electron chi connectivity index (χ3n) is 1.64.